The van der Waals surface area contributed by atoms with Crippen LogP contribution in [0.2, 0.25) is 0 Å². The Morgan fingerprint density at radius 1 is 1.28 bits per heavy atom. The molecule has 134 valence electrons. The largest absolute Gasteiger partial charge is 0.494 e. The first-order valence-electron chi connectivity index (χ1n) is 8.01. The van der Waals surface area contributed by atoms with E-state index in [2.05, 4.69) is 10.4 Å². The first kappa shape index (κ1) is 18.4. The minimum Gasteiger partial charge on any atom is -0.494 e. The predicted molar refractivity (Wildman–Crippen MR) is 90.1 cm³/mol. The third-order valence-electron chi connectivity index (χ3n) is 3.65. The standard InChI is InChI=1S/C17H21N3O5/c1-20-15(21)9-8-14(19-20)17(24)18-11-12-4-6-13(7-5-12)25-10-2-3-16(22)23/h4-7H,2-3,8-11H2,1H3,(H,18,24)(H,22,23). The average molecular weight is 347 g/mol. The summed E-state index contributed by atoms with van der Waals surface area (Å²) in [4.78, 5) is 33.8. The summed E-state index contributed by atoms with van der Waals surface area (Å²) < 4.78 is 5.45. The van der Waals surface area contributed by atoms with Crippen molar-refractivity contribution in [2.45, 2.75) is 32.2 Å². The van der Waals surface area contributed by atoms with E-state index in [9.17, 15) is 14.4 Å². The molecule has 0 atom stereocenters. The molecule has 2 amide bonds. The van der Waals surface area contributed by atoms with Crippen LogP contribution < -0.4 is 10.1 Å². The molecule has 0 bridgehead atoms. The van der Waals surface area contributed by atoms with E-state index < -0.39 is 5.97 Å². The second-order valence-corrected chi connectivity index (χ2v) is 5.64. The summed E-state index contributed by atoms with van der Waals surface area (Å²) in [6.07, 6.45) is 1.16. The van der Waals surface area contributed by atoms with Gasteiger partial charge in [0, 0.05) is 32.9 Å². The number of rotatable bonds is 8. The lowest BCUT2D eigenvalue weighted by Crippen LogP contribution is -2.37. The molecule has 1 aliphatic rings. The predicted octanol–water partition coefficient (Wildman–Crippen LogP) is 1.15. The summed E-state index contributed by atoms with van der Waals surface area (Å²) in [5.74, 6) is -0.575. The molecule has 8 heteroatoms. The van der Waals surface area contributed by atoms with Gasteiger partial charge < -0.3 is 15.2 Å². The first-order chi connectivity index (χ1) is 12.0. The van der Waals surface area contributed by atoms with Gasteiger partial charge in [0.2, 0.25) is 5.91 Å². The minimum absolute atomic E-state index is 0.0782. The smallest absolute Gasteiger partial charge is 0.303 e. The van der Waals surface area contributed by atoms with Crippen LogP contribution in [-0.2, 0) is 20.9 Å². The molecule has 1 aliphatic heterocycles. The van der Waals surface area contributed by atoms with E-state index in [1.165, 1.54) is 12.1 Å². The first-order valence-corrected chi connectivity index (χ1v) is 8.01. The van der Waals surface area contributed by atoms with Crippen molar-refractivity contribution < 1.29 is 24.2 Å². The molecular weight excluding hydrogens is 326 g/mol. The van der Waals surface area contributed by atoms with Crippen molar-refractivity contribution in [1.29, 1.82) is 0 Å². The van der Waals surface area contributed by atoms with Crippen molar-refractivity contribution in [3.05, 3.63) is 29.8 Å². The summed E-state index contributed by atoms with van der Waals surface area (Å²) in [6.45, 7) is 0.684. The van der Waals surface area contributed by atoms with Gasteiger partial charge in [0.15, 0.2) is 0 Å². The maximum absolute atomic E-state index is 12.1. The molecule has 0 saturated carbocycles. The minimum atomic E-state index is -0.840. The molecule has 0 fully saturated rings. The third kappa shape index (κ3) is 5.91. The SMILES string of the molecule is CN1N=C(C(=O)NCc2ccc(OCCCC(=O)O)cc2)CCC1=O. The number of ether oxygens (including phenoxy) is 1. The molecule has 0 radical (unpaired) electrons. The van der Waals surface area contributed by atoms with Gasteiger partial charge in [-0.3, -0.25) is 14.4 Å². The van der Waals surface area contributed by atoms with E-state index in [4.69, 9.17) is 9.84 Å². The second-order valence-electron chi connectivity index (χ2n) is 5.64. The lowest BCUT2D eigenvalue weighted by molar-refractivity contribution is -0.137. The van der Waals surface area contributed by atoms with Crippen LogP contribution in [0, 0.1) is 0 Å². The Morgan fingerprint density at radius 2 is 2.00 bits per heavy atom. The van der Waals surface area contributed by atoms with E-state index in [1.54, 1.807) is 12.1 Å². The van der Waals surface area contributed by atoms with Crippen molar-refractivity contribution in [1.82, 2.24) is 10.3 Å². The van der Waals surface area contributed by atoms with Gasteiger partial charge in [-0.2, -0.15) is 5.10 Å². The molecule has 1 aromatic carbocycles. The normalized spacial score (nSPS) is 14.0. The highest BCUT2D eigenvalue weighted by atomic mass is 16.5. The topological polar surface area (TPSA) is 108 Å². The summed E-state index contributed by atoms with van der Waals surface area (Å²) in [6, 6.07) is 7.19. The maximum Gasteiger partial charge on any atom is 0.303 e. The zero-order chi connectivity index (χ0) is 18.2. The lowest BCUT2D eigenvalue weighted by Gasteiger charge is -2.18. The van der Waals surface area contributed by atoms with Gasteiger partial charge in [-0.05, 0) is 24.1 Å². The number of carboxylic acid groups (broad SMARTS) is 1. The number of hydrogen-bond donors (Lipinski definition) is 2. The molecule has 0 unspecified atom stereocenters. The van der Waals surface area contributed by atoms with Crippen molar-refractivity contribution in [3.63, 3.8) is 0 Å². The van der Waals surface area contributed by atoms with Crippen LogP contribution in [0.4, 0.5) is 0 Å². The van der Waals surface area contributed by atoms with Crippen LogP contribution in [0.15, 0.2) is 29.4 Å². The lowest BCUT2D eigenvalue weighted by atomic mass is 10.1. The van der Waals surface area contributed by atoms with Crippen LogP contribution in [-0.4, -0.2) is 47.3 Å². The second kappa shape index (κ2) is 8.81. The number of nitrogens with zero attached hydrogens (tertiary/aromatic N) is 2. The molecule has 2 N–H and O–H groups in total. The zero-order valence-corrected chi connectivity index (χ0v) is 14.0. The number of benzene rings is 1. The Bertz CT molecular complexity index is 669. The number of nitrogens with one attached hydrogen (secondary N) is 1. The van der Waals surface area contributed by atoms with E-state index in [-0.39, 0.29) is 24.7 Å². The Labute approximate surface area is 145 Å². The Hall–Kier alpha value is -2.90. The number of hydrazone groups is 1. The van der Waals surface area contributed by atoms with Crippen LogP contribution in [0.25, 0.3) is 0 Å². The van der Waals surface area contributed by atoms with Crippen molar-refractivity contribution >= 4 is 23.5 Å². The fourth-order valence-corrected chi connectivity index (χ4v) is 2.23. The number of hydrogen-bond acceptors (Lipinski definition) is 5. The van der Waals surface area contributed by atoms with E-state index >= 15 is 0 Å². The van der Waals surface area contributed by atoms with Gasteiger partial charge in [0.1, 0.15) is 11.5 Å². The van der Waals surface area contributed by atoms with Gasteiger partial charge in [0.25, 0.3) is 5.91 Å². The third-order valence-corrected chi connectivity index (χ3v) is 3.65. The number of aliphatic carboxylic acids is 1. The monoisotopic (exact) mass is 347 g/mol. The van der Waals surface area contributed by atoms with Gasteiger partial charge in [-0.15, -0.1) is 0 Å². The Kier molecular flexibility index (Phi) is 6.50. The highest BCUT2D eigenvalue weighted by molar-refractivity contribution is 6.39. The number of carbonyl (C=O) groups is 3. The molecule has 1 aromatic rings. The van der Waals surface area contributed by atoms with Gasteiger partial charge in [-0.25, -0.2) is 5.01 Å². The quantitative estimate of drug-likeness (QED) is 0.686. The Morgan fingerprint density at radius 3 is 2.64 bits per heavy atom. The average Bonchev–Trinajstić information content (AvgIpc) is 2.60. The number of amides is 2. The maximum atomic E-state index is 12.1. The molecular formula is C17H21N3O5. The molecule has 0 spiro atoms. The molecule has 8 nitrogen and oxygen atoms in total. The highest BCUT2D eigenvalue weighted by Crippen LogP contribution is 2.13. The fourth-order valence-electron chi connectivity index (χ4n) is 2.23. The molecule has 0 saturated heterocycles. The van der Waals surface area contributed by atoms with E-state index in [0.29, 0.717) is 37.5 Å². The molecule has 25 heavy (non-hydrogen) atoms. The fraction of sp³-hybridized carbons (Fsp3) is 0.412. The summed E-state index contributed by atoms with van der Waals surface area (Å²) in [5, 5.41) is 16.5. The summed E-state index contributed by atoms with van der Waals surface area (Å²) in [7, 11) is 1.53. The van der Waals surface area contributed by atoms with Crippen molar-refractivity contribution in [2.24, 2.45) is 5.10 Å². The van der Waals surface area contributed by atoms with Gasteiger partial charge in [-0.1, -0.05) is 12.1 Å². The van der Waals surface area contributed by atoms with Crippen molar-refractivity contribution in [3.8, 4) is 5.75 Å². The summed E-state index contributed by atoms with van der Waals surface area (Å²) in [5.41, 5.74) is 1.24. The molecule has 0 aromatic heterocycles. The Balaban J connectivity index is 1.77. The van der Waals surface area contributed by atoms with E-state index in [0.717, 1.165) is 5.56 Å². The van der Waals surface area contributed by atoms with Gasteiger partial charge in [0.05, 0.1) is 6.61 Å². The molecule has 1 heterocycles. The highest BCUT2D eigenvalue weighted by Gasteiger charge is 2.21. The van der Waals surface area contributed by atoms with Crippen LogP contribution in [0.1, 0.15) is 31.2 Å². The van der Waals surface area contributed by atoms with Crippen LogP contribution in [0.5, 0.6) is 5.75 Å². The van der Waals surface area contributed by atoms with Gasteiger partial charge >= 0.3 is 5.97 Å². The van der Waals surface area contributed by atoms with Crippen molar-refractivity contribution in [2.75, 3.05) is 13.7 Å². The zero-order valence-electron chi connectivity index (χ0n) is 14.0. The van der Waals surface area contributed by atoms with Crippen LogP contribution >= 0.6 is 0 Å². The molecule has 2 rings (SSSR count). The van der Waals surface area contributed by atoms with E-state index in [1.807, 2.05) is 12.1 Å². The van der Waals surface area contributed by atoms with Crippen LogP contribution in [0.3, 0.4) is 0 Å². The number of carboxylic acids is 1. The molecule has 0 aliphatic carbocycles. The number of carbonyl (C=O) groups excluding carboxylic acids is 2. The summed E-state index contributed by atoms with van der Waals surface area (Å²) >= 11 is 0.